The number of carbonyl (C=O) groups is 1. The zero-order valence-electron chi connectivity index (χ0n) is 17.8. The fourth-order valence-electron chi connectivity index (χ4n) is 2.76. The maximum Gasteiger partial charge on any atom is 0.236 e. The second kappa shape index (κ2) is 10.0. The molecule has 1 aromatic carbocycles. The van der Waals surface area contributed by atoms with Gasteiger partial charge in [0, 0.05) is 6.04 Å². The molecule has 30 heavy (non-hydrogen) atoms. The molecule has 10 heteroatoms. The van der Waals surface area contributed by atoms with E-state index in [1.54, 1.807) is 0 Å². The Morgan fingerprint density at radius 1 is 1.23 bits per heavy atom. The number of aromatic nitrogens is 5. The fraction of sp³-hybridized carbons (Fsp3) is 0.450. The van der Waals surface area contributed by atoms with Gasteiger partial charge in [-0.25, -0.2) is 0 Å². The summed E-state index contributed by atoms with van der Waals surface area (Å²) < 4.78 is 8.00. The Hall–Kier alpha value is -2.46. The van der Waals surface area contributed by atoms with Gasteiger partial charge in [0.05, 0.1) is 5.75 Å². The van der Waals surface area contributed by atoms with E-state index < -0.39 is 0 Å². The lowest BCUT2D eigenvalue weighted by atomic mass is 10.1. The summed E-state index contributed by atoms with van der Waals surface area (Å²) in [5.74, 6) is 1.63. The predicted molar refractivity (Wildman–Crippen MR) is 119 cm³/mol. The monoisotopic (exact) mass is 446 g/mol. The largest absolute Gasteiger partial charge is 0.485 e. The van der Waals surface area contributed by atoms with Crippen molar-refractivity contribution in [3.63, 3.8) is 0 Å². The van der Waals surface area contributed by atoms with Crippen molar-refractivity contribution in [3.05, 3.63) is 40.2 Å². The number of ether oxygens (including phenoxy) is 1. The number of thioether (sulfide) groups is 1. The number of nitrogens with zero attached hydrogens (tertiary/aromatic N) is 5. The summed E-state index contributed by atoms with van der Waals surface area (Å²) in [5, 5.41) is 21.4. The topological polar surface area (TPSA) is 94.8 Å². The molecule has 0 aliphatic rings. The minimum absolute atomic E-state index is 0.137. The SMILES string of the molecule is CCc1nnc(NC(=O)CSc2nnc(COc3cc(C)ccc3C)n2C(C)C)s1. The molecule has 3 aromatic rings. The van der Waals surface area contributed by atoms with Crippen molar-refractivity contribution in [2.45, 2.75) is 58.8 Å². The van der Waals surface area contributed by atoms with Gasteiger partial charge in [-0.15, -0.1) is 20.4 Å². The second-order valence-corrected chi connectivity index (χ2v) is 9.12. The Bertz CT molecular complexity index is 1010. The highest BCUT2D eigenvalue weighted by Crippen LogP contribution is 2.25. The summed E-state index contributed by atoms with van der Waals surface area (Å²) in [6, 6.07) is 6.25. The maximum absolute atomic E-state index is 12.3. The average Bonchev–Trinajstić information content (AvgIpc) is 3.33. The van der Waals surface area contributed by atoms with Gasteiger partial charge in [-0.2, -0.15) is 0 Å². The summed E-state index contributed by atoms with van der Waals surface area (Å²) in [6.07, 6.45) is 0.798. The zero-order valence-corrected chi connectivity index (χ0v) is 19.4. The molecule has 0 aliphatic heterocycles. The summed E-state index contributed by atoms with van der Waals surface area (Å²) in [5.41, 5.74) is 2.22. The Morgan fingerprint density at radius 2 is 2.03 bits per heavy atom. The molecule has 3 rings (SSSR count). The van der Waals surface area contributed by atoms with Crippen LogP contribution in [0.5, 0.6) is 5.75 Å². The molecule has 1 amide bonds. The Morgan fingerprint density at radius 3 is 2.73 bits per heavy atom. The summed E-state index contributed by atoms with van der Waals surface area (Å²) in [4.78, 5) is 12.3. The molecular weight excluding hydrogens is 420 g/mol. The van der Waals surface area contributed by atoms with Crippen molar-refractivity contribution >= 4 is 34.1 Å². The summed E-state index contributed by atoms with van der Waals surface area (Å²) in [6.45, 7) is 10.5. The van der Waals surface area contributed by atoms with Gasteiger partial charge in [-0.05, 0) is 51.3 Å². The van der Waals surface area contributed by atoms with Crippen molar-refractivity contribution in [3.8, 4) is 5.75 Å². The van der Waals surface area contributed by atoms with E-state index in [0.717, 1.165) is 34.1 Å². The first-order valence-corrected chi connectivity index (χ1v) is 11.6. The van der Waals surface area contributed by atoms with E-state index in [0.29, 0.717) is 16.9 Å². The van der Waals surface area contributed by atoms with E-state index in [9.17, 15) is 4.79 Å². The van der Waals surface area contributed by atoms with Crippen molar-refractivity contribution in [1.29, 1.82) is 0 Å². The van der Waals surface area contributed by atoms with Crippen molar-refractivity contribution < 1.29 is 9.53 Å². The second-order valence-electron chi connectivity index (χ2n) is 7.11. The number of benzene rings is 1. The van der Waals surface area contributed by atoms with Crippen LogP contribution in [0.15, 0.2) is 23.4 Å². The number of hydrogen-bond acceptors (Lipinski definition) is 8. The van der Waals surface area contributed by atoms with E-state index >= 15 is 0 Å². The molecule has 2 aromatic heterocycles. The normalized spacial score (nSPS) is 11.1. The van der Waals surface area contributed by atoms with Gasteiger partial charge in [-0.3, -0.25) is 10.1 Å². The number of anilines is 1. The van der Waals surface area contributed by atoms with Crippen LogP contribution in [0.4, 0.5) is 5.13 Å². The highest BCUT2D eigenvalue weighted by atomic mass is 32.2. The lowest BCUT2D eigenvalue weighted by Gasteiger charge is -2.15. The first kappa shape index (κ1) is 22.2. The van der Waals surface area contributed by atoms with Crippen LogP contribution in [0.3, 0.4) is 0 Å². The molecular formula is C20H26N6O2S2. The van der Waals surface area contributed by atoms with E-state index in [1.807, 2.05) is 37.5 Å². The van der Waals surface area contributed by atoms with Crippen LogP contribution < -0.4 is 10.1 Å². The van der Waals surface area contributed by atoms with Crippen LogP contribution in [-0.4, -0.2) is 36.6 Å². The Labute approximate surface area is 184 Å². The molecule has 0 fully saturated rings. The molecule has 0 aliphatic carbocycles. The van der Waals surface area contributed by atoms with E-state index in [2.05, 4.69) is 45.6 Å². The molecule has 160 valence electrons. The molecule has 1 N–H and O–H groups in total. The van der Waals surface area contributed by atoms with Crippen LogP contribution in [0, 0.1) is 13.8 Å². The predicted octanol–water partition coefficient (Wildman–Crippen LogP) is 4.20. The fourth-order valence-corrected chi connectivity index (χ4v) is 4.34. The van der Waals surface area contributed by atoms with Gasteiger partial charge < -0.3 is 9.30 Å². The third kappa shape index (κ3) is 5.57. The quantitative estimate of drug-likeness (QED) is 0.492. The van der Waals surface area contributed by atoms with Gasteiger partial charge in [0.15, 0.2) is 11.0 Å². The van der Waals surface area contributed by atoms with Gasteiger partial charge >= 0.3 is 0 Å². The minimum atomic E-state index is -0.148. The smallest absolute Gasteiger partial charge is 0.236 e. The van der Waals surface area contributed by atoms with Gasteiger partial charge in [0.2, 0.25) is 11.0 Å². The number of hydrogen-bond donors (Lipinski definition) is 1. The average molecular weight is 447 g/mol. The van der Waals surface area contributed by atoms with Gasteiger partial charge in [0.1, 0.15) is 17.4 Å². The highest BCUT2D eigenvalue weighted by Gasteiger charge is 2.18. The molecule has 2 heterocycles. The molecule has 0 spiro atoms. The molecule has 0 bridgehead atoms. The molecule has 0 atom stereocenters. The number of rotatable bonds is 9. The summed E-state index contributed by atoms with van der Waals surface area (Å²) in [7, 11) is 0. The molecule has 0 saturated heterocycles. The number of aryl methyl sites for hydroxylation is 3. The summed E-state index contributed by atoms with van der Waals surface area (Å²) >= 11 is 2.73. The Balaban J connectivity index is 1.63. The Kier molecular flexibility index (Phi) is 7.43. The molecule has 0 saturated carbocycles. The van der Waals surface area contributed by atoms with E-state index in [4.69, 9.17) is 4.74 Å². The van der Waals surface area contributed by atoms with Gasteiger partial charge in [-0.1, -0.05) is 42.2 Å². The molecule has 0 radical (unpaired) electrons. The van der Waals surface area contributed by atoms with E-state index in [1.165, 1.54) is 23.1 Å². The van der Waals surface area contributed by atoms with Crippen LogP contribution in [-0.2, 0) is 17.8 Å². The van der Waals surface area contributed by atoms with Crippen molar-refractivity contribution in [2.24, 2.45) is 0 Å². The lowest BCUT2D eigenvalue weighted by Crippen LogP contribution is -2.15. The van der Waals surface area contributed by atoms with Crippen molar-refractivity contribution in [2.75, 3.05) is 11.1 Å². The highest BCUT2D eigenvalue weighted by molar-refractivity contribution is 7.99. The first-order valence-electron chi connectivity index (χ1n) is 9.76. The number of amides is 1. The van der Waals surface area contributed by atoms with Crippen LogP contribution in [0.25, 0.3) is 0 Å². The van der Waals surface area contributed by atoms with Crippen LogP contribution in [0.2, 0.25) is 0 Å². The van der Waals surface area contributed by atoms with E-state index in [-0.39, 0.29) is 17.7 Å². The van der Waals surface area contributed by atoms with Crippen LogP contribution >= 0.6 is 23.1 Å². The first-order chi connectivity index (χ1) is 14.4. The van der Waals surface area contributed by atoms with Gasteiger partial charge in [0.25, 0.3) is 0 Å². The standard InChI is InChI=1S/C20H26N6O2S2/c1-6-18-23-24-19(30-18)21-17(27)11-29-20-25-22-16(26(20)12(2)3)10-28-15-9-13(4)7-8-14(15)5/h7-9,12H,6,10-11H2,1-5H3,(H,21,24,27). The lowest BCUT2D eigenvalue weighted by molar-refractivity contribution is -0.113. The zero-order chi connectivity index (χ0) is 21.7. The maximum atomic E-state index is 12.3. The molecule has 8 nitrogen and oxygen atoms in total. The number of carbonyl (C=O) groups excluding carboxylic acids is 1. The third-order valence-electron chi connectivity index (χ3n) is 4.30. The minimum Gasteiger partial charge on any atom is -0.485 e. The number of nitrogens with one attached hydrogen (secondary N) is 1. The van der Waals surface area contributed by atoms with Crippen LogP contribution in [0.1, 0.15) is 48.8 Å². The molecule has 0 unspecified atom stereocenters. The third-order valence-corrected chi connectivity index (χ3v) is 6.23. The van der Waals surface area contributed by atoms with Crippen molar-refractivity contribution in [1.82, 2.24) is 25.0 Å².